The fourth-order valence-electron chi connectivity index (χ4n) is 4.52. The predicted octanol–water partition coefficient (Wildman–Crippen LogP) is 3.89. The summed E-state index contributed by atoms with van der Waals surface area (Å²) in [5.74, 6) is -0.347. The molecule has 1 fully saturated rings. The Morgan fingerprint density at radius 3 is 2.55 bits per heavy atom. The molecule has 8 heteroatoms. The number of ether oxygens (including phenoxy) is 2. The van der Waals surface area contributed by atoms with Crippen LogP contribution in [0.15, 0.2) is 54.7 Å². The van der Waals surface area contributed by atoms with Gasteiger partial charge in [-0.2, -0.15) is 0 Å². The van der Waals surface area contributed by atoms with E-state index < -0.39 is 0 Å². The third kappa shape index (κ3) is 4.36. The first-order valence-electron chi connectivity index (χ1n) is 10.8. The van der Waals surface area contributed by atoms with Crippen molar-refractivity contribution in [2.75, 3.05) is 27.4 Å². The highest BCUT2D eigenvalue weighted by molar-refractivity contribution is 7.80. The van der Waals surface area contributed by atoms with Gasteiger partial charge in [0.15, 0.2) is 5.11 Å². The molecule has 0 unspecified atom stereocenters. The Morgan fingerprint density at radius 1 is 1.15 bits per heavy atom. The standard InChI is InChI=1S/C25H28N4O3S/c1-16-15-20(17(2)29(16)19-10-8-18(9-11-19)24(30)32-4)23-22(21-7-5-6-12-26-21)27-25(33)28(23)13-14-31-3/h5-12,15,22-23H,13-14H2,1-4H3,(H,27,33)/t22-,23-/m0/s1. The molecule has 1 aliphatic rings. The molecule has 0 radical (unpaired) electrons. The van der Waals surface area contributed by atoms with E-state index in [1.807, 2.05) is 30.3 Å². The molecular formula is C25H28N4O3S. The lowest BCUT2D eigenvalue weighted by Gasteiger charge is -2.28. The minimum absolute atomic E-state index is 0.0307. The van der Waals surface area contributed by atoms with Crippen LogP contribution in [0.3, 0.4) is 0 Å². The molecule has 0 aliphatic carbocycles. The molecule has 1 saturated heterocycles. The number of aryl methyl sites for hydroxylation is 1. The number of nitrogens with zero attached hydrogens (tertiary/aromatic N) is 3. The minimum Gasteiger partial charge on any atom is -0.465 e. The zero-order valence-corrected chi connectivity index (χ0v) is 20.1. The van der Waals surface area contributed by atoms with E-state index in [0.29, 0.717) is 23.8 Å². The van der Waals surface area contributed by atoms with Crippen molar-refractivity contribution < 1.29 is 14.3 Å². The van der Waals surface area contributed by atoms with Crippen LogP contribution in [-0.2, 0) is 9.47 Å². The van der Waals surface area contributed by atoms with Gasteiger partial charge in [0.05, 0.1) is 37.1 Å². The van der Waals surface area contributed by atoms with Gasteiger partial charge in [0.25, 0.3) is 0 Å². The Kier molecular flexibility index (Phi) is 6.76. The third-order valence-corrected chi connectivity index (χ3v) is 6.42. The van der Waals surface area contributed by atoms with Gasteiger partial charge < -0.3 is 24.3 Å². The summed E-state index contributed by atoms with van der Waals surface area (Å²) in [5.41, 5.74) is 5.82. The first kappa shape index (κ1) is 22.9. The maximum Gasteiger partial charge on any atom is 0.337 e. The number of nitrogens with one attached hydrogen (secondary N) is 1. The van der Waals surface area contributed by atoms with Crippen LogP contribution in [0.5, 0.6) is 0 Å². The Labute approximate surface area is 199 Å². The van der Waals surface area contributed by atoms with Gasteiger partial charge in [0.2, 0.25) is 0 Å². The predicted molar refractivity (Wildman–Crippen MR) is 131 cm³/mol. The van der Waals surface area contributed by atoms with Crippen LogP contribution < -0.4 is 5.32 Å². The number of benzene rings is 1. The van der Waals surface area contributed by atoms with Crippen LogP contribution in [0.1, 0.15) is 45.1 Å². The molecule has 4 rings (SSSR count). The Morgan fingerprint density at radius 2 is 1.91 bits per heavy atom. The van der Waals surface area contributed by atoms with Crippen LogP contribution in [0.4, 0.5) is 0 Å². The summed E-state index contributed by atoms with van der Waals surface area (Å²) >= 11 is 5.72. The van der Waals surface area contributed by atoms with Gasteiger partial charge in [-0.3, -0.25) is 4.98 Å². The fourth-order valence-corrected chi connectivity index (χ4v) is 4.86. The van der Waals surface area contributed by atoms with Crippen molar-refractivity contribution in [1.82, 2.24) is 19.8 Å². The lowest BCUT2D eigenvalue weighted by Crippen LogP contribution is -2.32. The number of esters is 1. The largest absolute Gasteiger partial charge is 0.465 e. The second-order valence-electron chi connectivity index (χ2n) is 8.01. The zero-order chi connectivity index (χ0) is 23.5. The Hall–Kier alpha value is -3.23. The van der Waals surface area contributed by atoms with Crippen molar-refractivity contribution in [3.63, 3.8) is 0 Å². The first-order chi connectivity index (χ1) is 16.0. The number of carbonyl (C=O) groups is 1. The first-order valence-corrected chi connectivity index (χ1v) is 11.2. The molecule has 2 aromatic heterocycles. The number of carbonyl (C=O) groups excluding carboxylic acids is 1. The van der Waals surface area contributed by atoms with E-state index in [4.69, 9.17) is 21.7 Å². The van der Waals surface area contributed by atoms with E-state index in [1.54, 1.807) is 25.4 Å². The van der Waals surface area contributed by atoms with Gasteiger partial charge in [-0.25, -0.2) is 4.79 Å². The molecule has 1 aromatic carbocycles. The molecule has 0 amide bonds. The average Bonchev–Trinajstić information content (AvgIpc) is 3.32. The highest BCUT2D eigenvalue weighted by Crippen LogP contribution is 2.41. The normalized spacial score (nSPS) is 17.8. The minimum atomic E-state index is -0.347. The Bertz CT molecular complexity index is 1140. The molecule has 2 atom stereocenters. The molecule has 0 bridgehead atoms. The monoisotopic (exact) mass is 464 g/mol. The van der Waals surface area contributed by atoms with Crippen molar-refractivity contribution in [2.45, 2.75) is 25.9 Å². The fraction of sp³-hybridized carbons (Fsp3) is 0.320. The highest BCUT2D eigenvalue weighted by atomic mass is 32.1. The van der Waals surface area contributed by atoms with Gasteiger partial charge in [-0.15, -0.1) is 0 Å². The van der Waals surface area contributed by atoms with Crippen molar-refractivity contribution in [1.29, 1.82) is 0 Å². The number of hydrogen-bond acceptors (Lipinski definition) is 5. The molecule has 3 aromatic rings. The summed E-state index contributed by atoms with van der Waals surface area (Å²) in [6.07, 6.45) is 1.81. The van der Waals surface area contributed by atoms with E-state index in [2.05, 4.69) is 39.7 Å². The van der Waals surface area contributed by atoms with E-state index in [-0.39, 0.29) is 18.1 Å². The summed E-state index contributed by atoms with van der Waals surface area (Å²) in [7, 11) is 3.08. The summed E-state index contributed by atoms with van der Waals surface area (Å²) < 4.78 is 12.4. The number of methoxy groups -OCH3 is 2. The molecule has 172 valence electrons. The summed E-state index contributed by atoms with van der Waals surface area (Å²) in [5, 5.41) is 4.17. The smallest absolute Gasteiger partial charge is 0.337 e. The summed E-state index contributed by atoms with van der Waals surface area (Å²) in [6.45, 7) is 5.44. The molecule has 1 N–H and O–H groups in total. The molecule has 0 saturated carbocycles. The summed E-state index contributed by atoms with van der Waals surface area (Å²) in [6, 6.07) is 15.5. The molecule has 0 spiro atoms. The lowest BCUT2D eigenvalue weighted by molar-refractivity contribution is 0.0600. The van der Waals surface area contributed by atoms with Crippen LogP contribution >= 0.6 is 12.2 Å². The Balaban J connectivity index is 1.77. The second-order valence-corrected chi connectivity index (χ2v) is 8.40. The van der Waals surface area contributed by atoms with Crippen LogP contribution in [-0.4, -0.2) is 52.9 Å². The number of hydrogen-bond donors (Lipinski definition) is 1. The molecule has 1 aliphatic heterocycles. The van der Waals surface area contributed by atoms with Gasteiger partial charge >= 0.3 is 5.97 Å². The van der Waals surface area contributed by atoms with Crippen LogP contribution in [0.25, 0.3) is 5.69 Å². The van der Waals surface area contributed by atoms with Crippen molar-refractivity contribution in [2.24, 2.45) is 0 Å². The van der Waals surface area contributed by atoms with E-state index >= 15 is 0 Å². The van der Waals surface area contributed by atoms with Gasteiger partial charge in [0.1, 0.15) is 0 Å². The average molecular weight is 465 g/mol. The van der Waals surface area contributed by atoms with Crippen LogP contribution in [0.2, 0.25) is 0 Å². The lowest BCUT2D eigenvalue weighted by atomic mass is 9.97. The number of pyridine rings is 1. The molecule has 3 heterocycles. The van der Waals surface area contributed by atoms with E-state index in [1.165, 1.54) is 12.7 Å². The van der Waals surface area contributed by atoms with Crippen molar-refractivity contribution in [3.05, 3.63) is 82.9 Å². The number of aromatic nitrogens is 2. The van der Waals surface area contributed by atoms with Gasteiger partial charge in [-0.1, -0.05) is 6.07 Å². The maximum absolute atomic E-state index is 11.8. The van der Waals surface area contributed by atoms with E-state index in [9.17, 15) is 4.79 Å². The van der Waals surface area contributed by atoms with Crippen molar-refractivity contribution in [3.8, 4) is 5.69 Å². The summed E-state index contributed by atoms with van der Waals surface area (Å²) in [4.78, 5) is 18.6. The van der Waals surface area contributed by atoms with Gasteiger partial charge in [0, 0.05) is 36.9 Å². The second kappa shape index (κ2) is 9.72. The quantitative estimate of drug-likeness (QED) is 0.420. The molecule has 7 nitrogen and oxygen atoms in total. The molecule has 33 heavy (non-hydrogen) atoms. The maximum atomic E-state index is 11.8. The number of thiocarbonyl (C=S) groups is 1. The van der Waals surface area contributed by atoms with Crippen LogP contribution in [0, 0.1) is 13.8 Å². The van der Waals surface area contributed by atoms with E-state index in [0.717, 1.165) is 22.8 Å². The zero-order valence-electron chi connectivity index (χ0n) is 19.2. The van der Waals surface area contributed by atoms with Crippen molar-refractivity contribution >= 4 is 23.3 Å². The van der Waals surface area contributed by atoms with Gasteiger partial charge in [-0.05, 0) is 74.1 Å². The third-order valence-electron chi connectivity index (χ3n) is 6.07. The number of rotatable bonds is 7. The topological polar surface area (TPSA) is 68.6 Å². The highest BCUT2D eigenvalue weighted by Gasteiger charge is 2.41. The molecular weight excluding hydrogens is 436 g/mol. The SMILES string of the molecule is COCCN1C(=S)N[C@@H](c2ccccn2)[C@@H]1c1cc(C)n(-c2ccc(C(=O)OC)cc2)c1C.